The van der Waals surface area contributed by atoms with Crippen LogP contribution in [0.25, 0.3) is 0 Å². The highest BCUT2D eigenvalue weighted by Gasteiger charge is 1.99. The Labute approximate surface area is 76.5 Å². The van der Waals surface area contributed by atoms with Crippen molar-refractivity contribution in [2.75, 3.05) is 12.3 Å². The maximum Gasteiger partial charge on any atom is 0.190 e. The van der Waals surface area contributed by atoms with Gasteiger partial charge in [0.2, 0.25) is 0 Å². The van der Waals surface area contributed by atoms with Crippen molar-refractivity contribution in [2.24, 2.45) is 12.8 Å². The molecule has 5 heteroatoms. The van der Waals surface area contributed by atoms with E-state index in [1.807, 2.05) is 11.6 Å². The van der Waals surface area contributed by atoms with Gasteiger partial charge in [-0.3, -0.25) is 0 Å². The molecule has 2 N–H and O–H groups in total. The molecule has 0 fully saturated rings. The van der Waals surface area contributed by atoms with Crippen LogP contribution in [0.1, 0.15) is 12.8 Å². The summed E-state index contributed by atoms with van der Waals surface area (Å²) in [6.07, 6.45) is 3.95. The Balaban J connectivity index is 2.20. The Bertz CT molecular complexity index is 223. The monoisotopic (exact) mass is 186 g/mol. The lowest BCUT2D eigenvalue weighted by molar-refractivity contribution is 0.779. The Morgan fingerprint density at radius 2 is 2.42 bits per heavy atom. The third kappa shape index (κ3) is 2.83. The van der Waals surface area contributed by atoms with Crippen LogP contribution in [0.2, 0.25) is 0 Å². The molecule has 1 aromatic rings. The summed E-state index contributed by atoms with van der Waals surface area (Å²) in [7, 11) is 1.95. The highest BCUT2D eigenvalue weighted by Crippen LogP contribution is 2.14. The Morgan fingerprint density at radius 3 is 3.00 bits per heavy atom. The van der Waals surface area contributed by atoms with Crippen molar-refractivity contribution < 1.29 is 0 Å². The average Bonchev–Trinajstić information content (AvgIpc) is 2.46. The largest absolute Gasteiger partial charge is 0.330 e. The molecule has 0 unspecified atom stereocenters. The van der Waals surface area contributed by atoms with Crippen LogP contribution in [-0.2, 0) is 7.05 Å². The maximum atomic E-state index is 5.38. The fourth-order valence-corrected chi connectivity index (χ4v) is 1.70. The van der Waals surface area contributed by atoms with Crippen LogP contribution in [0.15, 0.2) is 11.5 Å². The highest BCUT2D eigenvalue weighted by molar-refractivity contribution is 7.99. The van der Waals surface area contributed by atoms with Crippen LogP contribution < -0.4 is 5.73 Å². The smallest absolute Gasteiger partial charge is 0.190 e. The minimum absolute atomic E-state index is 0.777. The van der Waals surface area contributed by atoms with Crippen molar-refractivity contribution in [2.45, 2.75) is 18.0 Å². The van der Waals surface area contributed by atoms with Gasteiger partial charge in [-0.15, -0.1) is 10.2 Å². The molecule has 0 aliphatic heterocycles. The molecule has 1 heterocycles. The lowest BCUT2D eigenvalue weighted by Crippen LogP contribution is -1.99. The second-order valence-corrected chi connectivity index (χ2v) is 3.63. The van der Waals surface area contributed by atoms with Gasteiger partial charge in [0.15, 0.2) is 5.16 Å². The molecule has 1 aromatic heterocycles. The van der Waals surface area contributed by atoms with Gasteiger partial charge in [-0.05, 0) is 19.4 Å². The number of aryl methyl sites for hydroxylation is 1. The Kier molecular flexibility index (Phi) is 4.10. The average molecular weight is 186 g/mol. The number of nitrogens with zero attached hydrogens (tertiary/aromatic N) is 3. The summed E-state index contributed by atoms with van der Waals surface area (Å²) in [5.74, 6) is 1.07. The maximum absolute atomic E-state index is 5.38. The predicted molar refractivity (Wildman–Crippen MR) is 50.0 cm³/mol. The number of aromatic nitrogens is 3. The molecule has 68 valence electrons. The molecule has 0 saturated heterocycles. The lowest BCUT2D eigenvalue weighted by Gasteiger charge is -1.98. The summed E-state index contributed by atoms with van der Waals surface area (Å²) < 4.78 is 1.92. The second kappa shape index (κ2) is 5.16. The number of nitrogens with two attached hydrogens (primary N) is 1. The molecular weight excluding hydrogens is 172 g/mol. The summed E-state index contributed by atoms with van der Waals surface area (Å²) >= 11 is 1.73. The zero-order valence-corrected chi connectivity index (χ0v) is 8.05. The number of hydrogen-bond donors (Lipinski definition) is 1. The van der Waals surface area contributed by atoms with Gasteiger partial charge >= 0.3 is 0 Å². The van der Waals surface area contributed by atoms with E-state index >= 15 is 0 Å². The van der Waals surface area contributed by atoms with Gasteiger partial charge in [-0.25, -0.2) is 0 Å². The minimum Gasteiger partial charge on any atom is -0.330 e. The van der Waals surface area contributed by atoms with Crippen LogP contribution in [0.3, 0.4) is 0 Å². The Hall–Kier alpha value is -0.550. The van der Waals surface area contributed by atoms with Gasteiger partial charge in [0.05, 0.1) is 0 Å². The second-order valence-electron chi connectivity index (χ2n) is 2.57. The zero-order valence-electron chi connectivity index (χ0n) is 7.23. The summed E-state index contributed by atoms with van der Waals surface area (Å²) in [6.45, 7) is 0.777. The van der Waals surface area contributed by atoms with Gasteiger partial charge < -0.3 is 10.3 Å². The summed E-state index contributed by atoms with van der Waals surface area (Å²) in [5, 5.41) is 8.72. The third-order valence-corrected chi connectivity index (χ3v) is 2.62. The first-order valence-corrected chi connectivity index (χ1v) is 5.00. The van der Waals surface area contributed by atoms with Gasteiger partial charge in [-0.2, -0.15) is 0 Å². The molecular formula is C7H14N4S. The first kappa shape index (κ1) is 9.54. The molecule has 12 heavy (non-hydrogen) atoms. The van der Waals surface area contributed by atoms with E-state index in [2.05, 4.69) is 10.2 Å². The molecule has 0 aromatic carbocycles. The molecule has 0 aliphatic rings. The molecule has 0 atom stereocenters. The minimum atomic E-state index is 0.777. The number of hydrogen-bond acceptors (Lipinski definition) is 4. The van der Waals surface area contributed by atoms with E-state index in [-0.39, 0.29) is 0 Å². The molecule has 1 rings (SSSR count). The van der Waals surface area contributed by atoms with E-state index in [0.29, 0.717) is 0 Å². The van der Waals surface area contributed by atoms with Crippen LogP contribution in [-0.4, -0.2) is 27.1 Å². The van der Waals surface area contributed by atoms with E-state index < -0.39 is 0 Å². The van der Waals surface area contributed by atoms with Crippen molar-refractivity contribution >= 4 is 11.8 Å². The van der Waals surface area contributed by atoms with Crippen LogP contribution in [0, 0.1) is 0 Å². The molecule has 0 aliphatic carbocycles. The van der Waals surface area contributed by atoms with Crippen molar-refractivity contribution in [3.63, 3.8) is 0 Å². The van der Waals surface area contributed by atoms with Gasteiger partial charge in [0.25, 0.3) is 0 Å². The third-order valence-electron chi connectivity index (χ3n) is 1.50. The Morgan fingerprint density at radius 1 is 1.58 bits per heavy atom. The van der Waals surface area contributed by atoms with E-state index in [9.17, 15) is 0 Å². The van der Waals surface area contributed by atoms with E-state index in [4.69, 9.17) is 5.73 Å². The van der Waals surface area contributed by atoms with Crippen LogP contribution in [0.5, 0.6) is 0 Å². The van der Waals surface area contributed by atoms with Crippen LogP contribution in [0.4, 0.5) is 0 Å². The van der Waals surface area contributed by atoms with Gasteiger partial charge in [0.1, 0.15) is 6.33 Å². The SMILES string of the molecule is Cn1cnnc1SCCCCN. The number of rotatable bonds is 5. The number of unbranched alkanes of at least 4 members (excludes halogenated alkanes) is 1. The molecule has 4 nitrogen and oxygen atoms in total. The van der Waals surface area contributed by atoms with Gasteiger partial charge in [0, 0.05) is 12.8 Å². The highest BCUT2D eigenvalue weighted by atomic mass is 32.2. The molecule has 0 bridgehead atoms. The molecule has 0 saturated carbocycles. The lowest BCUT2D eigenvalue weighted by atomic mass is 10.3. The molecule has 0 amide bonds. The van der Waals surface area contributed by atoms with E-state index in [0.717, 1.165) is 30.3 Å². The first-order valence-electron chi connectivity index (χ1n) is 4.01. The standard InChI is InChI=1S/C7H14N4S/c1-11-6-9-10-7(11)12-5-3-2-4-8/h6H,2-5,8H2,1H3. The first-order chi connectivity index (χ1) is 5.84. The van der Waals surface area contributed by atoms with Crippen molar-refractivity contribution in [3.05, 3.63) is 6.33 Å². The fraction of sp³-hybridized carbons (Fsp3) is 0.714. The predicted octanol–water partition coefficient (Wildman–Crippen LogP) is 0.646. The zero-order chi connectivity index (χ0) is 8.81. The van der Waals surface area contributed by atoms with E-state index in [1.54, 1.807) is 18.1 Å². The summed E-state index contributed by atoms with van der Waals surface area (Å²) in [6, 6.07) is 0. The number of thioether (sulfide) groups is 1. The quantitative estimate of drug-likeness (QED) is 0.542. The van der Waals surface area contributed by atoms with Crippen LogP contribution >= 0.6 is 11.8 Å². The van der Waals surface area contributed by atoms with Crippen molar-refractivity contribution in [3.8, 4) is 0 Å². The van der Waals surface area contributed by atoms with E-state index in [1.165, 1.54) is 0 Å². The fourth-order valence-electron chi connectivity index (χ4n) is 0.813. The van der Waals surface area contributed by atoms with Gasteiger partial charge in [-0.1, -0.05) is 11.8 Å². The van der Waals surface area contributed by atoms with Crippen molar-refractivity contribution in [1.82, 2.24) is 14.8 Å². The molecule has 0 radical (unpaired) electrons. The van der Waals surface area contributed by atoms with Crippen molar-refractivity contribution in [1.29, 1.82) is 0 Å². The normalized spacial score (nSPS) is 10.5. The summed E-state index contributed by atoms with van der Waals surface area (Å²) in [4.78, 5) is 0. The topological polar surface area (TPSA) is 56.7 Å². The molecule has 0 spiro atoms. The summed E-state index contributed by atoms with van der Waals surface area (Å²) in [5.41, 5.74) is 5.38.